The lowest BCUT2D eigenvalue weighted by Gasteiger charge is -2.25. The summed E-state index contributed by atoms with van der Waals surface area (Å²) in [4.78, 5) is 6.61. The first-order valence-corrected chi connectivity index (χ1v) is 6.75. The van der Waals surface area contributed by atoms with Crippen molar-refractivity contribution in [2.75, 3.05) is 19.6 Å². The lowest BCUT2D eigenvalue weighted by molar-refractivity contribution is 0.247. The van der Waals surface area contributed by atoms with Gasteiger partial charge in [-0.05, 0) is 51.9 Å². The molecular formula is C14H22FN3. The summed E-state index contributed by atoms with van der Waals surface area (Å²) in [5, 5.41) is 3.47. The fourth-order valence-electron chi connectivity index (χ4n) is 2.41. The summed E-state index contributed by atoms with van der Waals surface area (Å²) in [5.74, 6) is -0.281. The molecule has 2 atom stereocenters. The summed E-state index contributed by atoms with van der Waals surface area (Å²) in [6.45, 7) is 7.69. The van der Waals surface area contributed by atoms with Crippen molar-refractivity contribution in [3.8, 4) is 0 Å². The Morgan fingerprint density at radius 3 is 2.67 bits per heavy atom. The topological polar surface area (TPSA) is 28.2 Å². The van der Waals surface area contributed by atoms with E-state index in [0.717, 1.165) is 12.2 Å². The van der Waals surface area contributed by atoms with Crippen LogP contribution in [0.3, 0.4) is 0 Å². The fourth-order valence-corrected chi connectivity index (χ4v) is 2.41. The molecule has 4 heteroatoms. The zero-order valence-electron chi connectivity index (χ0n) is 11.2. The molecule has 0 amide bonds. The van der Waals surface area contributed by atoms with Gasteiger partial charge >= 0.3 is 0 Å². The van der Waals surface area contributed by atoms with Gasteiger partial charge in [-0.15, -0.1) is 0 Å². The van der Waals surface area contributed by atoms with Crippen LogP contribution in [0.2, 0.25) is 0 Å². The molecule has 1 aromatic rings. The van der Waals surface area contributed by atoms with Crippen LogP contribution >= 0.6 is 0 Å². The molecule has 0 aliphatic carbocycles. The van der Waals surface area contributed by atoms with Gasteiger partial charge in [-0.25, -0.2) is 4.39 Å². The van der Waals surface area contributed by atoms with E-state index in [2.05, 4.69) is 29.0 Å². The molecule has 1 N–H and O–H groups in total. The SMILES string of the molecule is CC(NCC(C)N1CCCC1)c1ccc(F)cn1. The molecule has 18 heavy (non-hydrogen) atoms. The molecular weight excluding hydrogens is 229 g/mol. The average Bonchev–Trinajstić information content (AvgIpc) is 2.90. The van der Waals surface area contributed by atoms with Crippen LogP contribution in [0.25, 0.3) is 0 Å². The van der Waals surface area contributed by atoms with E-state index < -0.39 is 0 Å². The van der Waals surface area contributed by atoms with Gasteiger partial charge < -0.3 is 5.32 Å². The van der Waals surface area contributed by atoms with Crippen LogP contribution in [-0.4, -0.2) is 35.6 Å². The molecule has 1 aromatic heterocycles. The van der Waals surface area contributed by atoms with E-state index in [-0.39, 0.29) is 11.9 Å². The van der Waals surface area contributed by atoms with Gasteiger partial charge in [0.25, 0.3) is 0 Å². The number of pyridine rings is 1. The molecule has 0 bridgehead atoms. The first-order valence-electron chi connectivity index (χ1n) is 6.75. The third-order valence-electron chi connectivity index (χ3n) is 3.68. The number of aromatic nitrogens is 1. The fraction of sp³-hybridized carbons (Fsp3) is 0.643. The minimum atomic E-state index is -0.281. The number of hydrogen-bond acceptors (Lipinski definition) is 3. The molecule has 1 aliphatic heterocycles. The van der Waals surface area contributed by atoms with Crippen molar-refractivity contribution >= 4 is 0 Å². The highest BCUT2D eigenvalue weighted by Crippen LogP contribution is 2.13. The molecule has 2 rings (SSSR count). The highest BCUT2D eigenvalue weighted by molar-refractivity contribution is 5.08. The van der Waals surface area contributed by atoms with Gasteiger partial charge in [0.15, 0.2) is 0 Å². The van der Waals surface area contributed by atoms with Crippen LogP contribution in [0.15, 0.2) is 18.3 Å². The summed E-state index contributed by atoms with van der Waals surface area (Å²) in [7, 11) is 0. The van der Waals surface area contributed by atoms with Crippen LogP contribution in [0.5, 0.6) is 0 Å². The van der Waals surface area contributed by atoms with Crippen molar-refractivity contribution in [1.82, 2.24) is 15.2 Å². The number of halogens is 1. The Balaban J connectivity index is 1.80. The number of rotatable bonds is 5. The van der Waals surface area contributed by atoms with Crippen molar-refractivity contribution in [2.24, 2.45) is 0 Å². The lowest BCUT2D eigenvalue weighted by Crippen LogP contribution is -2.39. The maximum atomic E-state index is 12.8. The predicted octanol–water partition coefficient (Wildman–Crippen LogP) is 2.36. The third kappa shape index (κ3) is 3.50. The van der Waals surface area contributed by atoms with E-state index in [1.54, 1.807) is 6.07 Å². The molecule has 2 unspecified atom stereocenters. The van der Waals surface area contributed by atoms with Crippen LogP contribution in [-0.2, 0) is 0 Å². The van der Waals surface area contributed by atoms with E-state index in [4.69, 9.17) is 0 Å². The molecule has 0 aromatic carbocycles. The van der Waals surface area contributed by atoms with Gasteiger partial charge in [-0.3, -0.25) is 9.88 Å². The van der Waals surface area contributed by atoms with Crippen LogP contribution in [0.1, 0.15) is 38.4 Å². The van der Waals surface area contributed by atoms with Crippen LogP contribution in [0, 0.1) is 5.82 Å². The van der Waals surface area contributed by atoms with E-state index in [0.29, 0.717) is 6.04 Å². The molecule has 1 saturated heterocycles. The van der Waals surface area contributed by atoms with Gasteiger partial charge in [0.1, 0.15) is 5.82 Å². The summed E-state index contributed by atoms with van der Waals surface area (Å²) in [6, 6.07) is 3.92. The highest BCUT2D eigenvalue weighted by atomic mass is 19.1. The molecule has 3 nitrogen and oxygen atoms in total. The van der Waals surface area contributed by atoms with Crippen molar-refractivity contribution < 1.29 is 4.39 Å². The second kappa shape index (κ2) is 6.25. The molecule has 100 valence electrons. The van der Waals surface area contributed by atoms with Gasteiger partial charge in [0, 0.05) is 18.6 Å². The summed E-state index contributed by atoms with van der Waals surface area (Å²) < 4.78 is 12.8. The molecule has 1 aliphatic rings. The van der Waals surface area contributed by atoms with Crippen molar-refractivity contribution in [2.45, 2.75) is 38.8 Å². The van der Waals surface area contributed by atoms with Crippen molar-refractivity contribution in [1.29, 1.82) is 0 Å². The van der Waals surface area contributed by atoms with E-state index in [1.807, 2.05) is 0 Å². The zero-order valence-corrected chi connectivity index (χ0v) is 11.2. The Hall–Kier alpha value is -1.00. The largest absolute Gasteiger partial charge is 0.307 e. The van der Waals surface area contributed by atoms with E-state index in [1.165, 1.54) is 38.2 Å². The molecule has 0 radical (unpaired) electrons. The Labute approximate surface area is 108 Å². The molecule has 0 spiro atoms. The Bertz CT molecular complexity index is 360. The van der Waals surface area contributed by atoms with Crippen LogP contribution in [0.4, 0.5) is 4.39 Å². The Kier molecular flexibility index (Phi) is 4.66. The smallest absolute Gasteiger partial charge is 0.141 e. The highest BCUT2D eigenvalue weighted by Gasteiger charge is 2.18. The summed E-state index contributed by atoms with van der Waals surface area (Å²) in [6.07, 6.45) is 3.91. The second-order valence-corrected chi connectivity index (χ2v) is 5.12. The number of nitrogens with one attached hydrogen (secondary N) is 1. The van der Waals surface area contributed by atoms with Gasteiger partial charge in [0.05, 0.1) is 11.9 Å². The first kappa shape index (κ1) is 13.4. The van der Waals surface area contributed by atoms with Gasteiger partial charge in [0.2, 0.25) is 0 Å². The van der Waals surface area contributed by atoms with Gasteiger partial charge in [-0.1, -0.05) is 0 Å². The third-order valence-corrected chi connectivity index (χ3v) is 3.68. The molecule has 2 heterocycles. The number of nitrogens with zero attached hydrogens (tertiary/aromatic N) is 2. The first-order chi connectivity index (χ1) is 8.66. The number of likely N-dealkylation sites (tertiary alicyclic amines) is 1. The van der Waals surface area contributed by atoms with E-state index >= 15 is 0 Å². The monoisotopic (exact) mass is 251 g/mol. The zero-order chi connectivity index (χ0) is 13.0. The maximum Gasteiger partial charge on any atom is 0.141 e. The molecule has 1 fully saturated rings. The number of hydrogen-bond donors (Lipinski definition) is 1. The molecule has 0 saturated carbocycles. The van der Waals surface area contributed by atoms with Gasteiger partial charge in [-0.2, -0.15) is 0 Å². The van der Waals surface area contributed by atoms with Crippen LogP contribution < -0.4 is 5.32 Å². The Morgan fingerprint density at radius 2 is 2.06 bits per heavy atom. The average molecular weight is 251 g/mol. The minimum Gasteiger partial charge on any atom is -0.307 e. The van der Waals surface area contributed by atoms with Crippen molar-refractivity contribution in [3.05, 3.63) is 29.8 Å². The predicted molar refractivity (Wildman–Crippen MR) is 70.9 cm³/mol. The second-order valence-electron chi connectivity index (χ2n) is 5.12. The Morgan fingerprint density at radius 1 is 1.33 bits per heavy atom. The minimum absolute atomic E-state index is 0.163. The maximum absolute atomic E-state index is 12.8. The van der Waals surface area contributed by atoms with E-state index in [9.17, 15) is 4.39 Å². The quantitative estimate of drug-likeness (QED) is 0.870. The van der Waals surface area contributed by atoms with Crippen molar-refractivity contribution in [3.63, 3.8) is 0 Å². The summed E-state index contributed by atoms with van der Waals surface area (Å²) in [5.41, 5.74) is 0.894. The normalized spacial score (nSPS) is 19.9. The lowest BCUT2D eigenvalue weighted by atomic mass is 10.2. The standard InChI is InChI=1S/C14H22FN3/c1-11(18-7-3-4-8-18)9-16-12(2)14-6-5-13(15)10-17-14/h5-6,10-12,16H,3-4,7-9H2,1-2H3. The summed E-state index contributed by atoms with van der Waals surface area (Å²) >= 11 is 0.